The summed E-state index contributed by atoms with van der Waals surface area (Å²) in [6.45, 7) is 3.90. The second-order valence-electron chi connectivity index (χ2n) is 9.10. The predicted molar refractivity (Wildman–Crippen MR) is 151 cm³/mol. The normalized spacial score (nSPS) is 15.7. The third-order valence-corrected chi connectivity index (χ3v) is 7.17. The summed E-state index contributed by atoms with van der Waals surface area (Å²) >= 11 is 3.47. The number of hydrogen-bond acceptors (Lipinski definition) is 4. The van der Waals surface area contributed by atoms with Crippen molar-refractivity contribution in [3.8, 4) is 11.5 Å². The summed E-state index contributed by atoms with van der Waals surface area (Å²) < 4.78 is 14.9. The van der Waals surface area contributed by atoms with E-state index in [1.54, 1.807) is 7.11 Å². The fraction of sp³-hybridized carbons (Fsp3) is 0.267. The van der Waals surface area contributed by atoms with E-state index in [-0.39, 0.29) is 11.8 Å². The first kappa shape index (κ1) is 25.1. The van der Waals surface area contributed by atoms with Gasteiger partial charge in [-0.25, -0.2) is 4.98 Å². The van der Waals surface area contributed by atoms with Gasteiger partial charge in [-0.05, 0) is 67.4 Å². The third kappa shape index (κ3) is 5.42. The maximum absolute atomic E-state index is 13.0. The minimum atomic E-state index is 0.0312. The quantitative estimate of drug-likeness (QED) is 0.211. The number of fused-ring (bicyclic) bond motifs is 1. The third-order valence-electron chi connectivity index (χ3n) is 6.64. The molecule has 6 nitrogen and oxygen atoms in total. The lowest BCUT2D eigenvalue weighted by atomic mass is 10.1. The molecule has 5 rings (SSSR count). The maximum atomic E-state index is 13.0. The Kier molecular flexibility index (Phi) is 7.60. The molecule has 0 bridgehead atoms. The molecule has 0 N–H and O–H groups in total. The Balaban J connectivity index is 1.31. The maximum Gasteiger partial charge on any atom is 0.227 e. The molecule has 190 valence electrons. The monoisotopic (exact) mass is 559 g/mol. The van der Waals surface area contributed by atoms with Crippen LogP contribution in [0.25, 0.3) is 17.1 Å². The smallest absolute Gasteiger partial charge is 0.227 e. The summed E-state index contributed by atoms with van der Waals surface area (Å²) in [6, 6.07) is 22.0. The number of hydrogen-bond donors (Lipinski definition) is 0. The molecule has 1 aliphatic heterocycles. The molecular formula is C30H30BrN3O3. The number of halogens is 1. The van der Waals surface area contributed by atoms with Crippen molar-refractivity contribution in [2.24, 2.45) is 0 Å². The van der Waals surface area contributed by atoms with Gasteiger partial charge in [-0.2, -0.15) is 0 Å². The van der Waals surface area contributed by atoms with E-state index in [0.717, 1.165) is 57.0 Å². The Morgan fingerprint density at radius 1 is 1.08 bits per heavy atom. The molecular weight excluding hydrogens is 530 g/mol. The first-order chi connectivity index (χ1) is 18.1. The van der Waals surface area contributed by atoms with E-state index in [1.807, 2.05) is 84.6 Å². The van der Waals surface area contributed by atoms with E-state index in [0.29, 0.717) is 19.6 Å². The number of rotatable bonds is 9. The number of anilines is 1. The Hall–Kier alpha value is -3.58. The van der Waals surface area contributed by atoms with Crippen molar-refractivity contribution in [1.82, 2.24) is 9.55 Å². The van der Waals surface area contributed by atoms with E-state index in [2.05, 4.69) is 26.6 Å². The highest BCUT2D eigenvalue weighted by Gasteiger charge is 2.34. The van der Waals surface area contributed by atoms with Crippen molar-refractivity contribution in [2.45, 2.75) is 32.2 Å². The number of amides is 1. The summed E-state index contributed by atoms with van der Waals surface area (Å²) in [5, 5.41) is 0. The lowest BCUT2D eigenvalue weighted by molar-refractivity contribution is -0.117. The fourth-order valence-electron chi connectivity index (χ4n) is 4.90. The van der Waals surface area contributed by atoms with Crippen LogP contribution in [0, 0.1) is 0 Å². The van der Waals surface area contributed by atoms with Crippen molar-refractivity contribution in [2.75, 3.05) is 25.2 Å². The van der Waals surface area contributed by atoms with Crippen LogP contribution in [0.5, 0.6) is 11.5 Å². The largest absolute Gasteiger partial charge is 0.493 e. The van der Waals surface area contributed by atoms with Crippen LogP contribution in [-0.4, -0.2) is 35.7 Å². The molecule has 1 atom stereocenters. The summed E-state index contributed by atoms with van der Waals surface area (Å²) in [4.78, 5) is 19.8. The number of aryl methyl sites for hydroxylation is 1. The number of carbonyl (C=O) groups excluding carboxylic acids is 1. The van der Waals surface area contributed by atoms with Crippen molar-refractivity contribution in [3.05, 3.63) is 88.7 Å². The molecule has 1 amide bonds. The van der Waals surface area contributed by atoms with Gasteiger partial charge in [0.05, 0.1) is 24.8 Å². The van der Waals surface area contributed by atoms with Crippen molar-refractivity contribution in [1.29, 1.82) is 0 Å². The summed E-state index contributed by atoms with van der Waals surface area (Å²) in [5.74, 6) is 2.58. The van der Waals surface area contributed by atoms with Gasteiger partial charge in [0, 0.05) is 35.6 Å². The highest BCUT2D eigenvalue weighted by molar-refractivity contribution is 9.10. The van der Waals surface area contributed by atoms with Crippen molar-refractivity contribution < 1.29 is 14.3 Å². The zero-order valence-electron chi connectivity index (χ0n) is 21.1. The molecule has 37 heavy (non-hydrogen) atoms. The Bertz CT molecular complexity index is 1430. The Labute approximate surface area is 225 Å². The number of para-hydroxylation sites is 2. The van der Waals surface area contributed by atoms with Gasteiger partial charge in [-0.15, -0.1) is 0 Å². The first-order valence-corrected chi connectivity index (χ1v) is 13.3. The molecule has 1 unspecified atom stereocenters. The molecule has 0 saturated carbocycles. The molecule has 1 fully saturated rings. The topological polar surface area (TPSA) is 56.6 Å². The Morgan fingerprint density at radius 3 is 2.68 bits per heavy atom. The molecule has 2 heterocycles. The number of allylic oxidation sites excluding steroid dienone is 1. The first-order valence-electron chi connectivity index (χ1n) is 12.5. The molecule has 1 aliphatic rings. The van der Waals surface area contributed by atoms with Gasteiger partial charge in [0.25, 0.3) is 0 Å². The van der Waals surface area contributed by atoms with E-state index >= 15 is 0 Å². The van der Waals surface area contributed by atoms with Gasteiger partial charge in [-0.1, -0.05) is 46.3 Å². The molecule has 3 aromatic carbocycles. The average molecular weight is 560 g/mol. The van der Waals surface area contributed by atoms with Crippen LogP contribution >= 0.6 is 15.9 Å². The minimum absolute atomic E-state index is 0.0312. The minimum Gasteiger partial charge on any atom is -0.493 e. The number of nitrogens with zero attached hydrogens (tertiary/aromatic N) is 3. The van der Waals surface area contributed by atoms with Crippen LogP contribution < -0.4 is 14.4 Å². The van der Waals surface area contributed by atoms with Gasteiger partial charge in [0.2, 0.25) is 5.91 Å². The van der Waals surface area contributed by atoms with E-state index in [4.69, 9.17) is 14.5 Å². The standard InChI is InChI=1S/C30H30BrN3O3/c1-3-7-21-10-15-27(28(18-21)36-2)37-17-6-16-33-26-9-5-4-8-25(26)32-30(33)22-19-29(35)34(20-22)24-13-11-23(31)12-14-24/h3-5,7-15,18,22H,6,16-17,19-20H2,1-2H3/b7-3+. The highest BCUT2D eigenvalue weighted by Crippen LogP contribution is 2.34. The summed E-state index contributed by atoms with van der Waals surface area (Å²) in [6.07, 6.45) is 5.28. The fourth-order valence-corrected chi connectivity index (χ4v) is 5.16. The number of ether oxygens (including phenoxy) is 2. The van der Waals surface area contributed by atoms with E-state index in [1.165, 1.54) is 0 Å². The van der Waals surface area contributed by atoms with Gasteiger partial charge in [0.15, 0.2) is 11.5 Å². The van der Waals surface area contributed by atoms with Crippen molar-refractivity contribution in [3.63, 3.8) is 0 Å². The van der Waals surface area contributed by atoms with Gasteiger partial charge in [0.1, 0.15) is 5.82 Å². The van der Waals surface area contributed by atoms with Crippen molar-refractivity contribution >= 4 is 44.6 Å². The average Bonchev–Trinajstić information content (AvgIpc) is 3.48. The molecule has 0 radical (unpaired) electrons. The zero-order chi connectivity index (χ0) is 25.8. The number of benzene rings is 3. The van der Waals surface area contributed by atoms with Gasteiger partial charge >= 0.3 is 0 Å². The Morgan fingerprint density at radius 2 is 1.89 bits per heavy atom. The van der Waals surface area contributed by atoms with Crippen LogP contribution in [0.4, 0.5) is 5.69 Å². The van der Waals surface area contributed by atoms with Crippen LogP contribution in [0.15, 0.2) is 77.3 Å². The molecule has 1 aromatic heterocycles. The van der Waals surface area contributed by atoms with Crippen LogP contribution in [0.2, 0.25) is 0 Å². The van der Waals surface area contributed by atoms with Crippen LogP contribution in [0.3, 0.4) is 0 Å². The lowest BCUT2D eigenvalue weighted by Crippen LogP contribution is -2.24. The van der Waals surface area contributed by atoms with Crippen LogP contribution in [0.1, 0.15) is 37.1 Å². The molecule has 1 saturated heterocycles. The number of aromatic nitrogens is 2. The summed E-state index contributed by atoms with van der Waals surface area (Å²) in [7, 11) is 1.66. The summed E-state index contributed by atoms with van der Waals surface area (Å²) in [5.41, 5.74) is 4.03. The molecule has 0 spiro atoms. The van der Waals surface area contributed by atoms with E-state index in [9.17, 15) is 4.79 Å². The van der Waals surface area contributed by atoms with Crippen LogP contribution in [-0.2, 0) is 11.3 Å². The SMILES string of the molecule is C/C=C/c1ccc(OCCCn2c(C3CC(=O)N(c4ccc(Br)cc4)C3)nc3ccccc32)c(OC)c1. The van der Waals surface area contributed by atoms with E-state index < -0.39 is 0 Å². The second-order valence-corrected chi connectivity index (χ2v) is 10.0. The highest BCUT2D eigenvalue weighted by atomic mass is 79.9. The molecule has 0 aliphatic carbocycles. The molecule has 4 aromatic rings. The zero-order valence-corrected chi connectivity index (χ0v) is 22.6. The number of imidazole rings is 1. The number of carbonyl (C=O) groups is 1. The lowest BCUT2D eigenvalue weighted by Gasteiger charge is -2.18. The predicted octanol–water partition coefficient (Wildman–Crippen LogP) is 6.83. The number of methoxy groups -OCH3 is 1. The molecule has 7 heteroatoms. The second kappa shape index (κ2) is 11.2. The van der Waals surface area contributed by atoms with Gasteiger partial charge < -0.3 is 18.9 Å². The van der Waals surface area contributed by atoms with Gasteiger partial charge in [-0.3, -0.25) is 4.79 Å².